The van der Waals surface area contributed by atoms with E-state index in [1.165, 1.54) is 30.6 Å². The quantitative estimate of drug-likeness (QED) is 0.932. The molecule has 1 aromatic rings. The highest BCUT2D eigenvalue weighted by atomic mass is 32.2. The van der Waals surface area contributed by atoms with Crippen molar-refractivity contribution in [3.05, 3.63) is 17.0 Å². The van der Waals surface area contributed by atoms with Gasteiger partial charge in [0.2, 0.25) is 0 Å². The van der Waals surface area contributed by atoms with Gasteiger partial charge >= 0.3 is 0 Å². The predicted octanol–water partition coefficient (Wildman–Crippen LogP) is 2.55. The highest BCUT2D eigenvalue weighted by Gasteiger charge is 2.40. The summed E-state index contributed by atoms with van der Waals surface area (Å²) in [5.41, 5.74) is 6.50. The lowest BCUT2D eigenvalue weighted by Gasteiger charge is -2.42. The van der Waals surface area contributed by atoms with E-state index < -0.39 is 10.0 Å². The van der Waals surface area contributed by atoms with Gasteiger partial charge in [-0.05, 0) is 48.6 Å². The zero-order chi connectivity index (χ0) is 14.2. The van der Waals surface area contributed by atoms with Crippen molar-refractivity contribution in [1.29, 1.82) is 0 Å². The van der Waals surface area contributed by atoms with Crippen LogP contribution in [0.5, 0.6) is 0 Å². The number of hydrogen-bond acceptors (Lipinski definition) is 4. The zero-order valence-electron chi connectivity index (χ0n) is 11.6. The van der Waals surface area contributed by atoms with Gasteiger partial charge in [0.15, 0.2) is 0 Å². The van der Waals surface area contributed by atoms with E-state index in [4.69, 9.17) is 5.73 Å². The lowest BCUT2D eigenvalue weighted by Crippen LogP contribution is -2.49. The van der Waals surface area contributed by atoms with Crippen molar-refractivity contribution in [3.8, 4) is 0 Å². The fraction of sp³-hybridized carbons (Fsp3) is 0.714. The second-order valence-corrected chi connectivity index (χ2v) is 8.88. The van der Waals surface area contributed by atoms with E-state index in [0.29, 0.717) is 23.2 Å². The molecule has 1 saturated heterocycles. The van der Waals surface area contributed by atoms with Gasteiger partial charge in [-0.15, -0.1) is 11.3 Å². The Kier molecular flexibility index (Phi) is 4.17. The van der Waals surface area contributed by atoms with Gasteiger partial charge in [0.1, 0.15) is 4.21 Å². The third-order valence-corrected chi connectivity index (χ3v) is 8.01. The fourth-order valence-corrected chi connectivity index (χ4v) is 6.69. The van der Waals surface area contributed by atoms with Crippen LogP contribution in [0.1, 0.15) is 44.1 Å². The third-order valence-electron chi connectivity index (χ3n) is 4.62. The number of nitrogens with two attached hydrogens (primary N) is 1. The summed E-state index contributed by atoms with van der Waals surface area (Å²) in [6.45, 7) is 1.08. The SMILES string of the molecule is NCc1csc(S(=O)(=O)N2CCC[C@H]3CCCC[C@H]32)c1. The number of sulfonamides is 1. The van der Waals surface area contributed by atoms with Crippen molar-refractivity contribution in [2.45, 2.75) is 55.3 Å². The molecule has 2 fully saturated rings. The largest absolute Gasteiger partial charge is 0.326 e. The third kappa shape index (κ3) is 2.54. The average Bonchev–Trinajstić information content (AvgIpc) is 2.96. The summed E-state index contributed by atoms with van der Waals surface area (Å²) in [6.07, 6.45) is 6.82. The van der Waals surface area contributed by atoms with Crippen LogP contribution < -0.4 is 5.73 Å². The summed E-state index contributed by atoms with van der Waals surface area (Å²) in [5.74, 6) is 0.571. The van der Waals surface area contributed by atoms with Crippen LogP contribution >= 0.6 is 11.3 Å². The van der Waals surface area contributed by atoms with Crippen LogP contribution in [0.25, 0.3) is 0 Å². The maximum atomic E-state index is 12.9. The molecule has 0 radical (unpaired) electrons. The molecule has 1 aliphatic heterocycles. The normalized spacial score (nSPS) is 28.2. The monoisotopic (exact) mass is 314 g/mol. The summed E-state index contributed by atoms with van der Waals surface area (Å²) in [7, 11) is -3.33. The maximum Gasteiger partial charge on any atom is 0.252 e. The molecular weight excluding hydrogens is 292 g/mol. The Hall–Kier alpha value is -0.430. The first-order valence-corrected chi connectivity index (χ1v) is 9.74. The van der Waals surface area contributed by atoms with E-state index in [1.807, 2.05) is 5.38 Å². The van der Waals surface area contributed by atoms with Gasteiger partial charge in [0.25, 0.3) is 10.0 Å². The number of rotatable bonds is 3. The Morgan fingerprint density at radius 1 is 1.25 bits per heavy atom. The molecule has 1 aromatic heterocycles. The molecule has 0 bridgehead atoms. The van der Waals surface area contributed by atoms with E-state index in [1.54, 1.807) is 10.4 Å². The molecule has 0 amide bonds. The van der Waals surface area contributed by atoms with Gasteiger partial charge in [-0.3, -0.25) is 0 Å². The Balaban J connectivity index is 1.89. The molecular formula is C14H22N2O2S2. The van der Waals surface area contributed by atoms with Crippen LogP contribution in [0.2, 0.25) is 0 Å². The standard InChI is InChI=1S/C14H22N2O2S2/c15-9-11-8-14(19-10-11)20(17,18)16-7-3-5-12-4-1-2-6-13(12)16/h8,10,12-13H,1-7,9,15H2/t12-,13-/m1/s1. The van der Waals surface area contributed by atoms with Crippen LogP contribution in [-0.4, -0.2) is 25.3 Å². The summed E-state index contributed by atoms with van der Waals surface area (Å²) in [4.78, 5) is 0. The molecule has 6 heteroatoms. The van der Waals surface area contributed by atoms with E-state index in [9.17, 15) is 8.42 Å². The molecule has 0 spiro atoms. The van der Waals surface area contributed by atoms with Gasteiger partial charge in [0.05, 0.1) is 0 Å². The van der Waals surface area contributed by atoms with Crippen LogP contribution in [0, 0.1) is 5.92 Å². The average molecular weight is 314 g/mol. The fourth-order valence-electron chi connectivity index (χ4n) is 3.59. The van der Waals surface area contributed by atoms with Crippen LogP contribution in [-0.2, 0) is 16.6 Å². The summed E-state index contributed by atoms with van der Waals surface area (Å²) >= 11 is 1.30. The Morgan fingerprint density at radius 3 is 2.75 bits per heavy atom. The van der Waals surface area contributed by atoms with Gasteiger partial charge < -0.3 is 5.73 Å². The van der Waals surface area contributed by atoms with E-state index in [0.717, 1.165) is 24.8 Å². The molecule has 2 N–H and O–H groups in total. The molecule has 0 unspecified atom stereocenters. The molecule has 112 valence electrons. The van der Waals surface area contributed by atoms with Crippen molar-refractivity contribution in [1.82, 2.24) is 4.31 Å². The molecule has 4 nitrogen and oxygen atoms in total. The minimum absolute atomic E-state index is 0.228. The second kappa shape index (κ2) is 5.75. The summed E-state index contributed by atoms with van der Waals surface area (Å²) in [6, 6.07) is 1.97. The minimum Gasteiger partial charge on any atom is -0.326 e. The van der Waals surface area contributed by atoms with E-state index in [2.05, 4.69) is 0 Å². The lowest BCUT2D eigenvalue weighted by atomic mass is 9.79. The Bertz CT molecular complexity index is 565. The van der Waals surface area contributed by atoms with Crippen LogP contribution in [0.3, 0.4) is 0 Å². The lowest BCUT2D eigenvalue weighted by molar-refractivity contribution is 0.129. The van der Waals surface area contributed by atoms with Crippen LogP contribution in [0.4, 0.5) is 0 Å². The first-order chi connectivity index (χ1) is 9.63. The van der Waals surface area contributed by atoms with Crippen molar-refractivity contribution < 1.29 is 8.42 Å². The topological polar surface area (TPSA) is 63.4 Å². The molecule has 1 aliphatic carbocycles. The molecule has 1 saturated carbocycles. The first kappa shape index (κ1) is 14.5. The van der Waals surface area contributed by atoms with E-state index >= 15 is 0 Å². The van der Waals surface area contributed by atoms with Gasteiger partial charge in [-0.2, -0.15) is 4.31 Å². The van der Waals surface area contributed by atoms with Crippen LogP contribution in [0.15, 0.2) is 15.7 Å². The molecule has 2 heterocycles. The Morgan fingerprint density at radius 2 is 2.00 bits per heavy atom. The highest BCUT2D eigenvalue weighted by molar-refractivity contribution is 7.91. The van der Waals surface area contributed by atoms with Gasteiger partial charge in [-0.25, -0.2) is 8.42 Å². The minimum atomic E-state index is -3.33. The first-order valence-electron chi connectivity index (χ1n) is 7.42. The van der Waals surface area contributed by atoms with E-state index in [-0.39, 0.29) is 6.04 Å². The molecule has 2 atom stereocenters. The predicted molar refractivity (Wildman–Crippen MR) is 81.1 cm³/mol. The smallest absolute Gasteiger partial charge is 0.252 e. The number of fused-ring (bicyclic) bond motifs is 1. The van der Waals surface area contributed by atoms with Crippen molar-refractivity contribution >= 4 is 21.4 Å². The zero-order valence-corrected chi connectivity index (χ0v) is 13.3. The summed E-state index contributed by atoms with van der Waals surface area (Å²) < 4.78 is 28.0. The number of thiophene rings is 1. The molecule has 0 aromatic carbocycles. The van der Waals surface area contributed by atoms with Gasteiger partial charge in [0, 0.05) is 19.1 Å². The van der Waals surface area contributed by atoms with Crippen molar-refractivity contribution in [2.75, 3.05) is 6.54 Å². The highest BCUT2D eigenvalue weighted by Crippen LogP contribution is 2.38. The summed E-state index contributed by atoms with van der Waals surface area (Å²) in [5, 5.41) is 1.86. The molecule has 20 heavy (non-hydrogen) atoms. The molecule has 3 rings (SSSR count). The number of piperidine rings is 1. The number of nitrogens with zero attached hydrogens (tertiary/aromatic N) is 1. The van der Waals surface area contributed by atoms with Crippen molar-refractivity contribution in [3.63, 3.8) is 0 Å². The second-order valence-electron chi connectivity index (χ2n) is 5.85. The van der Waals surface area contributed by atoms with Crippen molar-refractivity contribution in [2.24, 2.45) is 11.7 Å². The number of hydrogen-bond donors (Lipinski definition) is 1. The molecule has 2 aliphatic rings. The Labute approximate surface area is 125 Å². The van der Waals surface area contributed by atoms with Gasteiger partial charge in [-0.1, -0.05) is 12.8 Å². The maximum absolute atomic E-state index is 12.9.